The number of nitrogens with two attached hydrogens (primary N) is 1. The number of ether oxygens (including phenoxy) is 1. The zero-order valence-corrected chi connectivity index (χ0v) is 9.89. The fraction of sp³-hybridized carbons (Fsp3) is 1.00. The summed E-state index contributed by atoms with van der Waals surface area (Å²) in [5.41, 5.74) is 5.90. The van der Waals surface area contributed by atoms with E-state index in [2.05, 4.69) is 6.92 Å². The van der Waals surface area contributed by atoms with Gasteiger partial charge in [0.1, 0.15) is 0 Å². The number of methoxy groups -OCH3 is 1. The summed E-state index contributed by atoms with van der Waals surface area (Å²) >= 11 is 0. The molecule has 0 aromatic heterocycles. The fourth-order valence-electron chi connectivity index (χ4n) is 2.03. The average Bonchev–Trinajstić information content (AvgIpc) is 2.48. The Morgan fingerprint density at radius 3 is 2.71 bits per heavy atom. The van der Waals surface area contributed by atoms with Gasteiger partial charge in [0, 0.05) is 41.6 Å². The van der Waals surface area contributed by atoms with Gasteiger partial charge in [0.2, 0.25) is 0 Å². The predicted octanol–water partition coefficient (Wildman–Crippen LogP) is 0.897. The van der Waals surface area contributed by atoms with Crippen LogP contribution in [0.3, 0.4) is 0 Å². The Balaban J connectivity index is 2.30. The van der Waals surface area contributed by atoms with E-state index in [1.165, 1.54) is 0 Å². The van der Waals surface area contributed by atoms with Gasteiger partial charge in [-0.1, -0.05) is 6.92 Å². The Kier molecular flexibility index (Phi) is 5.06. The van der Waals surface area contributed by atoms with Crippen LogP contribution >= 0.6 is 0 Å². The van der Waals surface area contributed by atoms with E-state index in [0.717, 1.165) is 25.0 Å². The van der Waals surface area contributed by atoms with Crippen LogP contribution < -0.4 is 5.73 Å². The lowest BCUT2D eigenvalue weighted by molar-refractivity contribution is 0.200. The van der Waals surface area contributed by atoms with E-state index in [9.17, 15) is 4.21 Å². The van der Waals surface area contributed by atoms with Crippen LogP contribution in [-0.2, 0) is 15.5 Å². The quantitative estimate of drug-likeness (QED) is 0.699. The minimum absolute atomic E-state index is 0.256. The lowest BCUT2D eigenvalue weighted by atomic mass is 10.1. The predicted molar refractivity (Wildman–Crippen MR) is 59.7 cm³/mol. The van der Waals surface area contributed by atoms with Gasteiger partial charge in [0.15, 0.2) is 0 Å². The molecule has 1 rings (SSSR count). The topological polar surface area (TPSA) is 52.3 Å². The van der Waals surface area contributed by atoms with Crippen LogP contribution in [0.5, 0.6) is 0 Å². The first kappa shape index (κ1) is 12.1. The second-order valence-electron chi connectivity index (χ2n) is 4.07. The van der Waals surface area contributed by atoms with Crippen molar-refractivity contribution in [3.05, 3.63) is 0 Å². The van der Waals surface area contributed by atoms with Gasteiger partial charge in [0.05, 0.1) is 0 Å². The highest BCUT2D eigenvalue weighted by Gasteiger charge is 2.33. The lowest BCUT2D eigenvalue weighted by Gasteiger charge is -2.17. The highest BCUT2D eigenvalue weighted by molar-refractivity contribution is 7.85. The van der Waals surface area contributed by atoms with Gasteiger partial charge < -0.3 is 10.5 Å². The van der Waals surface area contributed by atoms with Crippen molar-refractivity contribution in [2.75, 3.05) is 19.5 Å². The fourth-order valence-corrected chi connectivity index (χ4v) is 3.81. The van der Waals surface area contributed by atoms with Gasteiger partial charge in [0.25, 0.3) is 0 Å². The van der Waals surface area contributed by atoms with E-state index in [0.29, 0.717) is 17.8 Å². The molecule has 3 nitrogen and oxygen atoms in total. The zero-order chi connectivity index (χ0) is 10.6. The molecule has 0 amide bonds. The first-order valence-corrected chi connectivity index (χ1v) is 6.66. The molecule has 4 atom stereocenters. The molecular weight excluding hydrogens is 198 g/mol. The SMILES string of the molecule is COCCCS(=O)C1CCC(N)C1C. The van der Waals surface area contributed by atoms with Crippen LogP contribution in [0.15, 0.2) is 0 Å². The van der Waals surface area contributed by atoms with E-state index in [-0.39, 0.29) is 6.04 Å². The maximum absolute atomic E-state index is 11.9. The zero-order valence-electron chi connectivity index (χ0n) is 9.07. The molecule has 0 radical (unpaired) electrons. The number of hydrogen-bond donors (Lipinski definition) is 1. The van der Waals surface area contributed by atoms with Crippen molar-refractivity contribution < 1.29 is 8.95 Å². The summed E-state index contributed by atoms with van der Waals surface area (Å²) in [4.78, 5) is 0. The van der Waals surface area contributed by atoms with E-state index in [1.54, 1.807) is 7.11 Å². The van der Waals surface area contributed by atoms with Gasteiger partial charge in [-0.3, -0.25) is 4.21 Å². The van der Waals surface area contributed by atoms with Gasteiger partial charge in [-0.25, -0.2) is 0 Å². The second kappa shape index (κ2) is 5.83. The standard InChI is InChI=1S/C10H21NO2S/c1-8-9(11)4-5-10(8)14(12)7-3-6-13-2/h8-10H,3-7,11H2,1-2H3. The first-order valence-electron chi connectivity index (χ1n) is 5.28. The molecule has 0 spiro atoms. The summed E-state index contributed by atoms with van der Waals surface area (Å²) in [5.74, 6) is 1.17. The molecule has 84 valence electrons. The van der Waals surface area contributed by atoms with Crippen molar-refractivity contribution in [2.24, 2.45) is 11.7 Å². The van der Waals surface area contributed by atoms with Crippen molar-refractivity contribution in [1.82, 2.24) is 0 Å². The summed E-state index contributed by atoms with van der Waals surface area (Å²) in [7, 11) is 0.970. The molecule has 14 heavy (non-hydrogen) atoms. The maximum atomic E-state index is 11.9. The highest BCUT2D eigenvalue weighted by Crippen LogP contribution is 2.28. The van der Waals surface area contributed by atoms with Crippen LogP contribution in [0.2, 0.25) is 0 Å². The molecule has 1 fully saturated rings. The number of rotatable bonds is 5. The molecule has 4 unspecified atom stereocenters. The van der Waals surface area contributed by atoms with Crippen molar-refractivity contribution in [3.63, 3.8) is 0 Å². The van der Waals surface area contributed by atoms with E-state index >= 15 is 0 Å². The van der Waals surface area contributed by atoms with Crippen LogP contribution in [0.4, 0.5) is 0 Å². The van der Waals surface area contributed by atoms with E-state index in [1.807, 2.05) is 0 Å². The molecule has 1 aliphatic carbocycles. The van der Waals surface area contributed by atoms with Crippen molar-refractivity contribution >= 4 is 10.8 Å². The summed E-state index contributed by atoms with van der Waals surface area (Å²) in [6, 6.07) is 0.256. The molecule has 1 aliphatic rings. The third kappa shape index (κ3) is 3.04. The van der Waals surface area contributed by atoms with E-state index in [4.69, 9.17) is 10.5 Å². The monoisotopic (exact) mass is 219 g/mol. The molecular formula is C10H21NO2S. The molecule has 0 aromatic rings. The Hall–Kier alpha value is 0.0700. The molecule has 0 bridgehead atoms. The summed E-state index contributed by atoms with van der Waals surface area (Å²) in [6.45, 7) is 2.83. The van der Waals surface area contributed by atoms with Gasteiger partial charge in [-0.15, -0.1) is 0 Å². The number of hydrogen-bond acceptors (Lipinski definition) is 3. The largest absolute Gasteiger partial charge is 0.385 e. The highest BCUT2D eigenvalue weighted by atomic mass is 32.2. The third-order valence-corrected chi connectivity index (χ3v) is 5.11. The maximum Gasteiger partial charge on any atom is 0.0471 e. The van der Waals surface area contributed by atoms with Crippen molar-refractivity contribution in [2.45, 2.75) is 37.5 Å². The van der Waals surface area contributed by atoms with Gasteiger partial charge in [-0.05, 0) is 25.2 Å². The minimum atomic E-state index is -0.708. The van der Waals surface area contributed by atoms with Crippen LogP contribution in [-0.4, -0.2) is 35.0 Å². The normalized spacial score (nSPS) is 34.6. The first-order chi connectivity index (χ1) is 6.66. The van der Waals surface area contributed by atoms with Gasteiger partial charge in [-0.2, -0.15) is 0 Å². The lowest BCUT2D eigenvalue weighted by Crippen LogP contribution is -2.30. The summed E-state index contributed by atoms with van der Waals surface area (Å²) < 4.78 is 16.8. The minimum Gasteiger partial charge on any atom is -0.385 e. The molecule has 4 heteroatoms. The Bertz CT molecular complexity index is 199. The van der Waals surface area contributed by atoms with Crippen LogP contribution in [0.25, 0.3) is 0 Å². The summed E-state index contributed by atoms with van der Waals surface area (Å²) in [5, 5.41) is 0.321. The van der Waals surface area contributed by atoms with Crippen LogP contribution in [0.1, 0.15) is 26.2 Å². The molecule has 0 heterocycles. The van der Waals surface area contributed by atoms with Gasteiger partial charge >= 0.3 is 0 Å². The van der Waals surface area contributed by atoms with Crippen LogP contribution in [0, 0.1) is 5.92 Å². The molecule has 0 aliphatic heterocycles. The van der Waals surface area contributed by atoms with Crippen molar-refractivity contribution in [1.29, 1.82) is 0 Å². The smallest absolute Gasteiger partial charge is 0.0471 e. The third-order valence-electron chi connectivity index (χ3n) is 3.08. The van der Waals surface area contributed by atoms with Crippen molar-refractivity contribution in [3.8, 4) is 0 Å². The Labute approximate surface area is 88.8 Å². The summed E-state index contributed by atoms with van der Waals surface area (Å²) in [6.07, 6.45) is 2.95. The molecule has 0 aromatic carbocycles. The average molecular weight is 219 g/mol. The molecule has 0 saturated heterocycles. The van der Waals surface area contributed by atoms with E-state index < -0.39 is 10.8 Å². The molecule has 2 N–H and O–H groups in total. The Morgan fingerprint density at radius 1 is 1.50 bits per heavy atom. The molecule has 1 saturated carbocycles. The Morgan fingerprint density at radius 2 is 2.21 bits per heavy atom. The second-order valence-corrected chi connectivity index (χ2v) is 5.85.